The highest BCUT2D eigenvalue weighted by Crippen LogP contribution is 2.15. The number of nitrogens with one attached hydrogen (secondary N) is 2. The van der Waals surface area contributed by atoms with Crippen molar-refractivity contribution < 1.29 is 18.7 Å². The molecule has 0 radical (unpaired) electrons. The first-order chi connectivity index (χ1) is 14.0. The molecule has 7 heteroatoms. The minimum atomic E-state index is -0.325. The highest BCUT2D eigenvalue weighted by Gasteiger charge is 2.11. The van der Waals surface area contributed by atoms with Crippen LogP contribution < -0.4 is 15.4 Å². The second-order valence-corrected chi connectivity index (χ2v) is 6.50. The molecule has 0 aliphatic carbocycles. The van der Waals surface area contributed by atoms with E-state index >= 15 is 0 Å². The summed E-state index contributed by atoms with van der Waals surface area (Å²) in [5.41, 5.74) is 2.47. The van der Waals surface area contributed by atoms with Crippen molar-refractivity contribution in [1.29, 1.82) is 0 Å². The van der Waals surface area contributed by atoms with E-state index < -0.39 is 0 Å². The number of ether oxygens (including phenoxy) is 1. The molecule has 0 aliphatic rings. The number of amides is 3. The first-order valence-corrected chi connectivity index (χ1v) is 9.11. The number of anilines is 1. The number of benzene rings is 2. The van der Waals surface area contributed by atoms with Gasteiger partial charge in [0.25, 0.3) is 5.91 Å². The van der Waals surface area contributed by atoms with E-state index in [0.29, 0.717) is 18.8 Å². The normalized spacial score (nSPS) is 10.3. The Morgan fingerprint density at radius 3 is 2.59 bits per heavy atom. The van der Waals surface area contributed by atoms with Crippen molar-refractivity contribution in [3.63, 3.8) is 0 Å². The van der Waals surface area contributed by atoms with E-state index in [1.165, 1.54) is 6.26 Å². The standard InChI is InChI=1S/C22H23N3O4/c1-25(15-17-7-4-9-19(13-17)28-2)22(27)23-14-16-6-3-8-18(12-16)24-21(26)20-10-5-11-29-20/h3-13H,14-15H2,1-2H3,(H,23,27)(H,24,26). The molecule has 3 aromatic rings. The molecule has 2 N–H and O–H groups in total. The molecule has 1 aromatic heterocycles. The molecule has 0 fully saturated rings. The van der Waals surface area contributed by atoms with Gasteiger partial charge >= 0.3 is 6.03 Å². The number of nitrogens with zero attached hydrogens (tertiary/aromatic N) is 1. The van der Waals surface area contributed by atoms with Gasteiger partial charge in [0, 0.05) is 25.8 Å². The smallest absolute Gasteiger partial charge is 0.317 e. The van der Waals surface area contributed by atoms with Gasteiger partial charge in [-0.25, -0.2) is 4.79 Å². The van der Waals surface area contributed by atoms with Crippen molar-refractivity contribution in [3.05, 3.63) is 83.8 Å². The third-order valence-electron chi connectivity index (χ3n) is 4.27. The summed E-state index contributed by atoms with van der Waals surface area (Å²) < 4.78 is 10.3. The van der Waals surface area contributed by atoms with E-state index in [-0.39, 0.29) is 17.7 Å². The van der Waals surface area contributed by atoms with Crippen LogP contribution in [0.3, 0.4) is 0 Å². The van der Waals surface area contributed by atoms with Crippen LogP contribution in [0.15, 0.2) is 71.3 Å². The number of methoxy groups -OCH3 is 1. The summed E-state index contributed by atoms with van der Waals surface area (Å²) in [4.78, 5) is 26.1. The van der Waals surface area contributed by atoms with Crippen LogP contribution in [0.1, 0.15) is 21.7 Å². The van der Waals surface area contributed by atoms with Crippen molar-refractivity contribution in [3.8, 4) is 5.75 Å². The lowest BCUT2D eigenvalue weighted by Crippen LogP contribution is -2.36. The molecular weight excluding hydrogens is 370 g/mol. The average molecular weight is 393 g/mol. The fourth-order valence-corrected chi connectivity index (χ4v) is 2.79. The summed E-state index contributed by atoms with van der Waals surface area (Å²) in [6.07, 6.45) is 1.45. The van der Waals surface area contributed by atoms with Gasteiger partial charge in [0.05, 0.1) is 13.4 Å². The third-order valence-corrected chi connectivity index (χ3v) is 4.27. The van der Waals surface area contributed by atoms with Gasteiger partial charge in [-0.3, -0.25) is 4.79 Å². The number of rotatable bonds is 7. The molecule has 1 heterocycles. The quantitative estimate of drug-likeness (QED) is 0.638. The van der Waals surface area contributed by atoms with Crippen LogP contribution in [0, 0.1) is 0 Å². The maximum atomic E-state index is 12.4. The average Bonchev–Trinajstić information content (AvgIpc) is 3.27. The molecule has 0 saturated carbocycles. The van der Waals surface area contributed by atoms with Gasteiger partial charge in [0.15, 0.2) is 5.76 Å². The van der Waals surface area contributed by atoms with E-state index in [9.17, 15) is 9.59 Å². The summed E-state index contributed by atoms with van der Waals surface area (Å²) >= 11 is 0. The van der Waals surface area contributed by atoms with Gasteiger partial charge in [-0.15, -0.1) is 0 Å². The zero-order chi connectivity index (χ0) is 20.6. The van der Waals surface area contributed by atoms with Crippen molar-refractivity contribution in [1.82, 2.24) is 10.2 Å². The summed E-state index contributed by atoms with van der Waals surface area (Å²) in [6.45, 7) is 0.800. The van der Waals surface area contributed by atoms with Crippen LogP contribution in [-0.4, -0.2) is 31.0 Å². The van der Waals surface area contributed by atoms with E-state index in [2.05, 4.69) is 10.6 Å². The first kappa shape index (κ1) is 20.0. The zero-order valence-corrected chi connectivity index (χ0v) is 16.3. The van der Waals surface area contributed by atoms with Crippen molar-refractivity contribution in [2.24, 2.45) is 0 Å². The Labute approximate surface area is 169 Å². The summed E-state index contributed by atoms with van der Waals surface area (Å²) in [5, 5.41) is 5.65. The summed E-state index contributed by atoms with van der Waals surface area (Å²) in [7, 11) is 3.34. The maximum absolute atomic E-state index is 12.4. The van der Waals surface area contributed by atoms with Crippen molar-refractivity contribution in [2.45, 2.75) is 13.1 Å². The van der Waals surface area contributed by atoms with Crippen LogP contribution >= 0.6 is 0 Å². The molecule has 7 nitrogen and oxygen atoms in total. The highest BCUT2D eigenvalue weighted by atomic mass is 16.5. The Bertz CT molecular complexity index is 970. The van der Waals surface area contributed by atoms with Crippen LogP contribution in [0.2, 0.25) is 0 Å². The Kier molecular flexibility index (Phi) is 6.52. The lowest BCUT2D eigenvalue weighted by Gasteiger charge is -2.18. The first-order valence-electron chi connectivity index (χ1n) is 9.11. The second-order valence-electron chi connectivity index (χ2n) is 6.50. The molecule has 0 spiro atoms. The number of hydrogen-bond acceptors (Lipinski definition) is 4. The Hall–Kier alpha value is -3.74. The molecule has 0 unspecified atom stereocenters. The van der Waals surface area contributed by atoms with Gasteiger partial charge in [-0.1, -0.05) is 24.3 Å². The number of urea groups is 1. The summed E-state index contributed by atoms with van der Waals surface area (Å²) in [6, 6.07) is 17.9. The minimum absolute atomic E-state index is 0.196. The second kappa shape index (κ2) is 9.45. The minimum Gasteiger partial charge on any atom is -0.497 e. The van der Waals surface area contributed by atoms with Gasteiger partial charge in [-0.2, -0.15) is 0 Å². The van der Waals surface area contributed by atoms with Crippen LogP contribution in [-0.2, 0) is 13.1 Å². The van der Waals surface area contributed by atoms with Crippen LogP contribution in [0.25, 0.3) is 0 Å². The number of hydrogen-bond donors (Lipinski definition) is 2. The van der Waals surface area contributed by atoms with E-state index in [1.54, 1.807) is 37.3 Å². The van der Waals surface area contributed by atoms with Gasteiger partial charge in [-0.05, 0) is 47.5 Å². The third kappa shape index (κ3) is 5.62. The van der Waals surface area contributed by atoms with E-state index in [0.717, 1.165) is 16.9 Å². The van der Waals surface area contributed by atoms with Crippen molar-refractivity contribution >= 4 is 17.6 Å². The molecule has 2 aromatic carbocycles. The predicted octanol–water partition coefficient (Wildman–Crippen LogP) is 3.88. The topological polar surface area (TPSA) is 83.8 Å². The monoisotopic (exact) mass is 393 g/mol. The fraction of sp³-hybridized carbons (Fsp3) is 0.182. The van der Waals surface area contributed by atoms with Gasteiger partial charge in [0.2, 0.25) is 0 Å². The zero-order valence-electron chi connectivity index (χ0n) is 16.3. The molecule has 3 amide bonds. The number of furan rings is 1. The maximum Gasteiger partial charge on any atom is 0.317 e. The lowest BCUT2D eigenvalue weighted by molar-refractivity contribution is 0.0996. The molecule has 0 saturated heterocycles. The van der Waals surface area contributed by atoms with E-state index in [1.807, 2.05) is 42.5 Å². The highest BCUT2D eigenvalue weighted by molar-refractivity contribution is 6.02. The molecule has 29 heavy (non-hydrogen) atoms. The molecule has 3 rings (SSSR count). The van der Waals surface area contributed by atoms with Crippen molar-refractivity contribution in [2.75, 3.05) is 19.5 Å². The predicted molar refractivity (Wildman–Crippen MR) is 110 cm³/mol. The number of carbonyl (C=O) groups excluding carboxylic acids is 2. The Balaban J connectivity index is 1.53. The van der Waals surface area contributed by atoms with Gasteiger partial charge in [0.1, 0.15) is 5.75 Å². The molecule has 0 bridgehead atoms. The van der Waals surface area contributed by atoms with Crippen LogP contribution in [0.4, 0.5) is 10.5 Å². The molecule has 150 valence electrons. The Morgan fingerprint density at radius 1 is 1.03 bits per heavy atom. The van der Waals surface area contributed by atoms with Gasteiger partial charge < -0.3 is 24.7 Å². The summed E-state index contributed by atoms with van der Waals surface area (Å²) in [5.74, 6) is 0.668. The molecular formula is C22H23N3O4. The largest absolute Gasteiger partial charge is 0.497 e. The van der Waals surface area contributed by atoms with E-state index in [4.69, 9.17) is 9.15 Å². The molecule has 0 aliphatic heterocycles. The molecule has 0 atom stereocenters. The SMILES string of the molecule is COc1cccc(CN(C)C(=O)NCc2cccc(NC(=O)c3ccco3)c2)c1. The lowest BCUT2D eigenvalue weighted by atomic mass is 10.2. The fourth-order valence-electron chi connectivity index (χ4n) is 2.79. The van der Waals surface area contributed by atoms with Crippen LogP contribution in [0.5, 0.6) is 5.75 Å². The Morgan fingerprint density at radius 2 is 1.83 bits per heavy atom. The number of carbonyl (C=O) groups is 2.